The first-order chi connectivity index (χ1) is 9.04. The highest BCUT2D eigenvalue weighted by molar-refractivity contribution is 5.89. The highest BCUT2D eigenvalue weighted by Gasteiger charge is 2.24. The maximum absolute atomic E-state index is 13.2. The molecule has 1 aliphatic rings. The molecule has 2 amide bonds. The Morgan fingerprint density at radius 1 is 1.32 bits per heavy atom. The van der Waals surface area contributed by atoms with E-state index < -0.39 is 12.1 Å². The van der Waals surface area contributed by atoms with Crippen molar-refractivity contribution in [2.45, 2.75) is 44.8 Å². The normalized spacial score (nSPS) is 22.9. The van der Waals surface area contributed by atoms with E-state index in [1.165, 1.54) is 12.1 Å². The fraction of sp³-hybridized carbons (Fsp3) is 0.500. The SMILES string of the molecule is Cc1cc(F)cc(NC(=O)NC2CCCCC2O)c1. The Hall–Kier alpha value is -1.62. The molecule has 19 heavy (non-hydrogen) atoms. The predicted molar refractivity (Wildman–Crippen MR) is 71.6 cm³/mol. The molecule has 5 heteroatoms. The molecule has 2 unspecified atom stereocenters. The van der Waals surface area contributed by atoms with Gasteiger partial charge < -0.3 is 15.7 Å². The number of aliphatic hydroxyl groups excluding tert-OH is 1. The van der Waals surface area contributed by atoms with Crippen LogP contribution in [0.25, 0.3) is 0 Å². The van der Waals surface area contributed by atoms with Crippen LogP contribution in [0.15, 0.2) is 18.2 Å². The number of nitrogens with one attached hydrogen (secondary N) is 2. The highest BCUT2D eigenvalue weighted by Crippen LogP contribution is 2.19. The van der Waals surface area contributed by atoms with Crippen molar-refractivity contribution in [1.82, 2.24) is 5.32 Å². The van der Waals surface area contributed by atoms with E-state index >= 15 is 0 Å². The fourth-order valence-electron chi connectivity index (χ4n) is 2.42. The summed E-state index contributed by atoms with van der Waals surface area (Å²) in [5.41, 5.74) is 1.16. The van der Waals surface area contributed by atoms with E-state index in [-0.39, 0.29) is 11.9 Å². The number of aliphatic hydroxyl groups is 1. The van der Waals surface area contributed by atoms with E-state index in [4.69, 9.17) is 0 Å². The van der Waals surface area contributed by atoms with Crippen LogP contribution in [0.2, 0.25) is 0 Å². The van der Waals surface area contributed by atoms with Crippen LogP contribution in [0.1, 0.15) is 31.2 Å². The Morgan fingerprint density at radius 3 is 2.74 bits per heavy atom. The highest BCUT2D eigenvalue weighted by atomic mass is 19.1. The van der Waals surface area contributed by atoms with Crippen LogP contribution in [-0.4, -0.2) is 23.3 Å². The second kappa shape index (κ2) is 6.02. The summed E-state index contributed by atoms with van der Waals surface area (Å²) in [4.78, 5) is 11.8. The van der Waals surface area contributed by atoms with Gasteiger partial charge in [0.15, 0.2) is 0 Å². The lowest BCUT2D eigenvalue weighted by Crippen LogP contribution is -2.46. The van der Waals surface area contributed by atoms with Crippen molar-refractivity contribution >= 4 is 11.7 Å². The van der Waals surface area contributed by atoms with E-state index in [0.717, 1.165) is 24.8 Å². The molecule has 0 saturated heterocycles. The van der Waals surface area contributed by atoms with Crippen LogP contribution in [-0.2, 0) is 0 Å². The van der Waals surface area contributed by atoms with Gasteiger partial charge in [-0.1, -0.05) is 12.8 Å². The molecular formula is C14H19FN2O2. The van der Waals surface area contributed by atoms with Crippen LogP contribution in [0.4, 0.5) is 14.9 Å². The fourth-order valence-corrected chi connectivity index (χ4v) is 2.42. The minimum atomic E-state index is -0.492. The first-order valence-corrected chi connectivity index (χ1v) is 6.57. The Labute approximate surface area is 112 Å². The van der Waals surface area contributed by atoms with Crippen molar-refractivity contribution in [3.05, 3.63) is 29.6 Å². The third-order valence-electron chi connectivity index (χ3n) is 3.35. The molecule has 0 heterocycles. The zero-order valence-electron chi connectivity index (χ0n) is 10.9. The molecule has 2 atom stereocenters. The smallest absolute Gasteiger partial charge is 0.319 e. The molecule has 2 rings (SSSR count). The summed E-state index contributed by atoms with van der Waals surface area (Å²) >= 11 is 0. The van der Waals surface area contributed by atoms with Crippen LogP contribution in [0.3, 0.4) is 0 Å². The molecule has 1 fully saturated rings. The Bertz CT molecular complexity index is 445. The van der Waals surface area contributed by atoms with Gasteiger partial charge in [0.25, 0.3) is 0 Å². The molecule has 1 aromatic rings. The number of aryl methyl sites for hydroxylation is 1. The number of amides is 2. The van der Waals surface area contributed by atoms with Crippen molar-refractivity contribution in [3.8, 4) is 0 Å². The third kappa shape index (κ3) is 3.92. The van der Waals surface area contributed by atoms with Gasteiger partial charge in [-0.25, -0.2) is 9.18 Å². The van der Waals surface area contributed by atoms with Crippen LogP contribution >= 0.6 is 0 Å². The van der Waals surface area contributed by atoms with Gasteiger partial charge in [0, 0.05) is 5.69 Å². The van der Waals surface area contributed by atoms with Gasteiger partial charge in [0.2, 0.25) is 0 Å². The summed E-state index contributed by atoms with van der Waals surface area (Å²) in [6.07, 6.45) is 2.99. The van der Waals surface area contributed by atoms with Crippen molar-refractivity contribution in [2.75, 3.05) is 5.32 Å². The molecule has 0 radical (unpaired) electrons. The standard InChI is InChI=1S/C14H19FN2O2/c1-9-6-10(15)8-11(7-9)16-14(19)17-12-4-2-3-5-13(12)18/h6-8,12-13,18H,2-5H2,1H3,(H2,16,17,19). The van der Waals surface area contributed by atoms with Gasteiger partial charge in [0.1, 0.15) is 5.82 Å². The number of carbonyl (C=O) groups is 1. The minimum absolute atomic E-state index is 0.219. The molecular weight excluding hydrogens is 247 g/mol. The van der Waals surface area contributed by atoms with E-state index in [0.29, 0.717) is 12.1 Å². The zero-order valence-corrected chi connectivity index (χ0v) is 10.9. The minimum Gasteiger partial charge on any atom is -0.391 e. The number of anilines is 1. The van der Waals surface area contributed by atoms with Crippen LogP contribution < -0.4 is 10.6 Å². The second-order valence-electron chi connectivity index (χ2n) is 5.07. The van der Waals surface area contributed by atoms with Crippen molar-refractivity contribution < 1.29 is 14.3 Å². The van der Waals surface area contributed by atoms with Crippen LogP contribution in [0, 0.1) is 12.7 Å². The number of halogens is 1. The molecule has 1 saturated carbocycles. The quantitative estimate of drug-likeness (QED) is 0.770. The lowest BCUT2D eigenvalue weighted by Gasteiger charge is -2.28. The Morgan fingerprint density at radius 2 is 2.05 bits per heavy atom. The molecule has 1 aromatic carbocycles. The van der Waals surface area contributed by atoms with Crippen molar-refractivity contribution in [1.29, 1.82) is 0 Å². The Kier molecular flexibility index (Phi) is 4.37. The summed E-state index contributed by atoms with van der Waals surface area (Å²) in [5.74, 6) is -0.381. The number of hydrogen-bond donors (Lipinski definition) is 3. The lowest BCUT2D eigenvalue weighted by atomic mass is 9.93. The maximum atomic E-state index is 13.2. The number of rotatable bonds is 2. The zero-order chi connectivity index (χ0) is 13.8. The molecule has 0 aliphatic heterocycles. The van der Waals surface area contributed by atoms with Gasteiger partial charge in [-0.3, -0.25) is 0 Å². The molecule has 0 spiro atoms. The average Bonchev–Trinajstić information content (AvgIpc) is 2.30. The summed E-state index contributed by atoms with van der Waals surface area (Å²) < 4.78 is 13.2. The topological polar surface area (TPSA) is 61.4 Å². The first kappa shape index (κ1) is 13.8. The number of hydrogen-bond acceptors (Lipinski definition) is 2. The number of benzene rings is 1. The van der Waals surface area contributed by atoms with E-state index in [9.17, 15) is 14.3 Å². The third-order valence-corrected chi connectivity index (χ3v) is 3.35. The van der Waals surface area contributed by atoms with E-state index in [1.807, 2.05) is 0 Å². The van der Waals surface area contributed by atoms with Gasteiger partial charge in [-0.05, 0) is 43.5 Å². The largest absolute Gasteiger partial charge is 0.391 e. The summed E-state index contributed by atoms with van der Waals surface area (Å²) in [7, 11) is 0. The van der Waals surface area contributed by atoms with E-state index in [1.54, 1.807) is 13.0 Å². The molecule has 104 valence electrons. The molecule has 4 nitrogen and oxygen atoms in total. The van der Waals surface area contributed by atoms with E-state index in [2.05, 4.69) is 10.6 Å². The second-order valence-corrected chi connectivity index (χ2v) is 5.07. The molecule has 3 N–H and O–H groups in total. The van der Waals surface area contributed by atoms with Gasteiger partial charge in [-0.2, -0.15) is 0 Å². The summed E-state index contributed by atoms with van der Waals surface area (Å²) in [5, 5.41) is 15.1. The Balaban J connectivity index is 1.93. The summed E-state index contributed by atoms with van der Waals surface area (Å²) in [6.45, 7) is 1.76. The molecule has 0 bridgehead atoms. The monoisotopic (exact) mass is 266 g/mol. The number of urea groups is 1. The molecule has 0 aromatic heterocycles. The average molecular weight is 266 g/mol. The predicted octanol–water partition coefficient (Wildman–Crippen LogP) is 2.56. The lowest BCUT2D eigenvalue weighted by molar-refractivity contribution is 0.0955. The van der Waals surface area contributed by atoms with Crippen molar-refractivity contribution in [3.63, 3.8) is 0 Å². The first-order valence-electron chi connectivity index (χ1n) is 6.57. The van der Waals surface area contributed by atoms with Crippen molar-refractivity contribution in [2.24, 2.45) is 0 Å². The molecule has 1 aliphatic carbocycles. The number of carbonyl (C=O) groups excluding carboxylic acids is 1. The van der Waals surface area contributed by atoms with Gasteiger partial charge in [0.05, 0.1) is 12.1 Å². The van der Waals surface area contributed by atoms with Gasteiger partial charge >= 0.3 is 6.03 Å². The van der Waals surface area contributed by atoms with Gasteiger partial charge in [-0.15, -0.1) is 0 Å². The van der Waals surface area contributed by atoms with Crippen LogP contribution in [0.5, 0.6) is 0 Å². The summed E-state index contributed by atoms with van der Waals surface area (Å²) in [6, 6.07) is 3.73. The maximum Gasteiger partial charge on any atom is 0.319 e.